The maximum atomic E-state index is 12.2. The van der Waals surface area contributed by atoms with Crippen molar-refractivity contribution in [3.8, 4) is 0 Å². The van der Waals surface area contributed by atoms with E-state index in [0.717, 1.165) is 11.1 Å². The molecule has 0 spiro atoms. The highest BCUT2D eigenvalue weighted by atomic mass is 32.2. The molecule has 0 unspecified atom stereocenters. The third-order valence-corrected chi connectivity index (χ3v) is 4.92. The molecule has 3 rings (SSSR count). The molecule has 2 atom stereocenters. The van der Waals surface area contributed by atoms with Gasteiger partial charge in [-0.25, -0.2) is 9.59 Å². The van der Waals surface area contributed by atoms with E-state index in [1.54, 1.807) is 0 Å². The molecular formula is C15H14O5S. The van der Waals surface area contributed by atoms with Crippen molar-refractivity contribution < 1.29 is 23.8 Å². The van der Waals surface area contributed by atoms with Gasteiger partial charge >= 0.3 is 11.9 Å². The minimum absolute atomic E-state index is 0.230. The number of fused-ring (bicyclic) bond motifs is 5. The van der Waals surface area contributed by atoms with Gasteiger partial charge in [0, 0.05) is 5.56 Å². The van der Waals surface area contributed by atoms with Crippen LogP contribution in [0.5, 0.6) is 0 Å². The van der Waals surface area contributed by atoms with Crippen LogP contribution in [0.25, 0.3) is 0 Å². The summed E-state index contributed by atoms with van der Waals surface area (Å²) in [6, 6.07) is 7.56. The van der Waals surface area contributed by atoms with Crippen LogP contribution in [-0.4, -0.2) is 32.4 Å². The number of carbonyl (C=O) groups is 2. The summed E-state index contributed by atoms with van der Waals surface area (Å²) in [7, 11) is 2.57. The highest BCUT2D eigenvalue weighted by molar-refractivity contribution is 7.99. The van der Waals surface area contributed by atoms with Gasteiger partial charge < -0.3 is 14.2 Å². The Bertz CT molecular complexity index is 666. The smallest absolute Gasteiger partial charge is 0.338 e. The van der Waals surface area contributed by atoms with Gasteiger partial charge in [0.25, 0.3) is 0 Å². The fourth-order valence-corrected chi connectivity index (χ4v) is 3.96. The van der Waals surface area contributed by atoms with Crippen molar-refractivity contribution in [3.05, 3.63) is 46.5 Å². The van der Waals surface area contributed by atoms with E-state index in [4.69, 9.17) is 14.2 Å². The van der Waals surface area contributed by atoms with E-state index in [2.05, 4.69) is 0 Å². The number of carbonyl (C=O) groups excluding carboxylic acids is 2. The molecule has 0 aliphatic carbocycles. The quantitative estimate of drug-likeness (QED) is 0.795. The Hall–Kier alpha value is -1.79. The van der Waals surface area contributed by atoms with Crippen molar-refractivity contribution in [3.63, 3.8) is 0 Å². The first-order valence-corrected chi connectivity index (χ1v) is 7.56. The van der Waals surface area contributed by atoms with Gasteiger partial charge in [0.2, 0.25) is 0 Å². The lowest BCUT2D eigenvalue weighted by Crippen LogP contribution is -2.29. The van der Waals surface area contributed by atoms with Crippen LogP contribution in [0, 0.1) is 0 Å². The lowest BCUT2D eigenvalue weighted by Gasteiger charge is -2.27. The second-order valence-electron chi connectivity index (χ2n) is 4.68. The van der Waals surface area contributed by atoms with Gasteiger partial charge in [-0.1, -0.05) is 24.3 Å². The standard InChI is InChI=1S/C15H14O5S/c1-18-13(16)10-11(14(17)19-2)15(21-3)9-7-5-4-6-8(9)12(10)20-15/h4-7,12H,1-3H3/t12-,15-/m0/s1. The predicted octanol–water partition coefficient (Wildman–Crippen LogP) is 1.93. The molecule has 110 valence electrons. The van der Waals surface area contributed by atoms with E-state index >= 15 is 0 Å². The average Bonchev–Trinajstić information content (AvgIpc) is 3.05. The Balaban J connectivity index is 2.28. The SMILES string of the molecule is COC(=O)C1=C(C(=O)OC)[C@]2(SC)O[C@H]1c1ccccc12. The molecule has 2 aliphatic heterocycles. The number of benzene rings is 1. The Morgan fingerprint density at radius 3 is 2.48 bits per heavy atom. The summed E-state index contributed by atoms with van der Waals surface area (Å²) in [6.45, 7) is 0. The zero-order valence-corrected chi connectivity index (χ0v) is 12.7. The van der Waals surface area contributed by atoms with Crippen LogP contribution in [0.1, 0.15) is 17.2 Å². The molecule has 0 saturated heterocycles. The second-order valence-corrected chi connectivity index (χ2v) is 5.66. The fourth-order valence-electron chi connectivity index (χ4n) is 2.96. The van der Waals surface area contributed by atoms with Gasteiger partial charge in [0.15, 0.2) is 4.93 Å². The first kappa shape index (κ1) is 14.2. The molecule has 5 nitrogen and oxygen atoms in total. The predicted molar refractivity (Wildman–Crippen MR) is 76.5 cm³/mol. The average molecular weight is 306 g/mol. The Kier molecular flexibility index (Phi) is 3.30. The molecule has 0 radical (unpaired) electrons. The van der Waals surface area contributed by atoms with Crippen LogP contribution in [0.4, 0.5) is 0 Å². The molecule has 2 bridgehead atoms. The number of hydrogen-bond acceptors (Lipinski definition) is 6. The molecule has 21 heavy (non-hydrogen) atoms. The van der Waals surface area contributed by atoms with E-state index in [0.29, 0.717) is 0 Å². The molecular weight excluding hydrogens is 292 g/mol. The van der Waals surface area contributed by atoms with E-state index in [9.17, 15) is 9.59 Å². The molecule has 0 aromatic heterocycles. The van der Waals surface area contributed by atoms with E-state index in [-0.39, 0.29) is 11.1 Å². The number of esters is 2. The minimum atomic E-state index is -1.00. The fraction of sp³-hybridized carbons (Fsp3) is 0.333. The van der Waals surface area contributed by atoms with Crippen LogP contribution in [0.15, 0.2) is 35.4 Å². The summed E-state index contributed by atoms with van der Waals surface area (Å²) in [5.41, 5.74) is 2.24. The highest BCUT2D eigenvalue weighted by Gasteiger charge is 2.60. The van der Waals surface area contributed by atoms with Crippen molar-refractivity contribution in [1.82, 2.24) is 0 Å². The monoisotopic (exact) mass is 306 g/mol. The zero-order chi connectivity index (χ0) is 15.2. The maximum Gasteiger partial charge on any atom is 0.338 e. The maximum absolute atomic E-state index is 12.2. The summed E-state index contributed by atoms with van der Waals surface area (Å²) in [6.07, 6.45) is 1.25. The van der Waals surface area contributed by atoms with E-state index < -0.39 is 23.0 Å². The summed E-state index contributed by atoms with van der Waals surface area (Å²) in [4.78, 5) is 23.4. The lowest BCUT2D eigenvalue weighted by molar-refractivity contribution is -0.139. The molecule has 0 amide bonds. The molecule has 0 N–H and O–H groups in total. The minimum Gasteiger partial charge on any atom is -0.466 e. The Labute approximate surface area is 126 Å². The Morgan fingerprint density at radius 2 is 1.86 bits per heavy atom. The Morgan fingerprint density at radius 1 is 1.19 bits per heavy atom. The van der Waals surface area contributed by atoms with Crippen molar-refractivity contribution in [2.45, 2.75) is 11.0 Å². The first-order valence-electron chi connectivity index (χ1n) is 6.34. The largest absolute Gasteiger partial charge is 0.466 e. The van der Waals surface area contributed by atoms with Crippen molar-refractivity contribution in [1.29, 1.82) is 0 Å². The second kappa shape index (κ2) is 4.89. The van der Waals surface area contributed by atoms with Crippen molar-refractivity contribution in [2.75, 3.05) is 20.5 Å². The molecule has 0 saturated carbocycles. The number of rotatable bonds is 3. The molecule has 2 heterocycles. The number of ether oxygens (including phenoxy) is 3. The zero-order valence-electron chi connectivity index (χ0n) is 11.8. The van der Waals surface area contributed by atoms with Gasteiger partial charge in [-0.2, -0.15) is 0 Å². The summed E-state index contributed by atoms with van der Waals surface area (Å²) in [5, 5.41) is 0. The molecule has 1 aromatic rings. The number of methoxy groups -OCH3 is 2. The van der Waals surface area contributed by atoms with Crippen LogP contribution in [0.2, 0.25) is 0 Å². The van der Waals surface area contributed by atoms with Crippen LogP contribution < -0.4 is 0 Å². The van der Waals surface area contributed by atoms with Crippen molar-refractivity contribution >= 4 is 23.7 Å². The number of hydrogen-bond donors (Lipinski definition) is 0. The van der Waals surface area contributed by atoms with E-state index in [1.165, 1.54) is 26.0 Å². The molecule has 1 aromatic carbocycles. The number of thioether (sulfide) groups is 1. The third kappa shape index (κ3) is 1.69. The summed E-state index contributed by atoms with van der Waals surface area (Å²) < 4.78 is 15.7. The highest BCUT2D eigenvalue weighted by Crippen LogP contribution is 2.62. The van der Waals surface area contributed by atoms with Gasteiger partial charge in [-0.3, -0.25) is 0 Å². The van der Waals surface area contributed by atoms with Gasteiger partial charge in [-0.15, -0.1) is 11.8 Å². The van der Waals surface area contributed by atoms with Crippen LogP contribution in [0.3, 0.4) is 0 Å². The summed E-state index contributed by atoms with van der Waals surface area (Å²) >= 11 is 1.36. The summed E-state index contributed by atoms with van der Waals surface area (Å²) in [5.74, 6) is -1.13. The van der Waals surface area contributed by atoms with Crippen LogP contribution in [-0.2, 0) is 28.7 Å². The van der Waals surface area contributed by atoms with E-state index in [1.807, 2.05) is 30.5 Å². The van der Waals surface area contributed by atoms with Crippen molar-refractivity contribution in [2.24, 2.45) is 0 Å². The van der Waals surface area contributed by atoms with Gasteiger partial charge in [-0.05, 0) is 11.8 Å². The van der Waals surface area contributed by atoms with Gasteiger partial charge in [0.1, 0.15) is 6.10 Å². The topological polar surface area (TPSA) is 61.8 Å². The molecule has 0 fully saturated rings. The lowest BCUT2D eigenvalue weighted by atomic mass is 9.85. The van der Waals surface area contributed by atoms with Crippen LogP contribution >= 0.6 is 11.8 Å². The third-order valence-electron chi connectivity index (χ3n) is 3.82. The first-order chi connectivity index (χ1) is 10.1. The normalized spacial score (nSPS) is 25.8. The molecule has 6 heteroatoms. The van der Waals surface area contributed by atoms with Gasteiger partial charge in [0.05, 0.1) is 25.4 Å². The molecule has 2 aliphatic rings.